The van der Waals surface area contributed by atoms with Gasteiger partial charge in [-0.1, -0.05) is 20.3 Å². The third kappa shape index (κ3) is 3.80. The number of unbranched alkanes of at least 4 members (excludes halogenated alkanes) is 1. The molecule has 1 unspecified atom stereocenters. The molecule has 0 radical (unpaired) electrons. The molecule has 1 heterocycles. The summed E-state index contributed by atoms with van der Waals surface area (Å²) in [6, 6.07) is 3.92. The Kier molecular flexibility index (Phi) is 6.33. The smallest absolute Gasteiger partial charge is 0.273 e. The van der Waals surface area contributed by atoms with Crippen LogP contribution in [-0.4, -0.2) is 28.4 Å². The predicted octanol–water partition coefficient (Wildman–Crippen LogP) is 3.88. The molecule has 100 valence electrons. The van der Waals surface area contributed by atoms with Gasteiger partial charge in [-0.15, -0.1) is 0 Å². The summed E-state index contributed by atoms with van der Waals surface area (Å²) < 4.78 is 0.764. The molecule has 1 aromatic rings. The van der Waals surface area contributed by atoms with E-state index in [1.54, 1.807) is 6.20 Å². The van der Waals surface area contributed by atoms with Crippen LogP contribution in [0.5, 0.6) is 0 Å². The molecule has 1 atom stereocenters. The number of nitrogens with zero attached hydrogens (tertiary/aromatic N) is 2. The summed E-state index contributed by atoms with van der Waals surface area (Å²) in [6.07, 6.45) is 4.73. The van der Waals surface area contributed by atoms with Crippen LogP contribution in [0.25, 0.3) is 0 Å². The highest BCUT2D eigenvalue weighted by Gasteiger charge is 2.22. The van der Waals surface area contributed by atoms with E-state index in [1.165, 1.54) is 0 Å². The first kappa shape index (κ1) is 15.2. The molecule has 0 fully saturated rings. The lowest BCUT2D eigenvalue weighted by molar-refractivity contribution is 0.0678. The maximum Gasteiger partial charge on any atom is 0.273 e. The molecule has 18 heavy (non-hydrogen) atoms. The van der Waals surface area contributed by atoms with Gasteiger partial charge in [0.2, 0.25) is 0 Å². The fourth-order valence-corrected chi connectivity index (χ4v) is 2.17. The third-order valence-corrected chi connectivity index (χ3v) is 3.74. The van der Waals surface area contributed by atoms with E-state index in [-0.39, 0.29) is 11.9 Å². The normalized spacial score (nSPS) is 12.2. The number of amides is 1. The number of hydrogen-bond acceptors (Lipinski definition) is 2. The van der Waals surface area contributed by atoms with Gasteiger partial charge in [0, 0.05) is 23.3 Å². The van der Waals surface area contributed by atoms with Crippen LogP contribution in [0.4, 0.5) is 0 Å². The fraction of sp³-hybridized carbons (Fsp3) is 0.571. The van der Waals surface area contributed by atoms with Gasteiger partial charge in [-0.25, -0.2) is 4.98 Å². The Morgan fingerprint density at radius 2 is 2.22 bits per heavy atom. The van der Waals surface area contributed by atoms with Crippen molar-refractivity contribution in [1.82, 2.24) is 9.88 Å². The van der Waals surface area contributed by atoms with Gasteiger partial charge in [0.05, 0.1) is 0 Å². The van der Waals surface area contributed by atoms with Crippen molar-refractivity contribution in [2.24, 2.45) is 0 Å². The third-order valence-electron chi connectivity index (χ3n) is 3.10. The van der Waals surface area contributed by atoms with Crippen LogP contribution < -0.4 is 0 Å². The molecule has 0 bridgehead atoms. The first-order valence-corrected chi connectivity index (χ1v) is 7.32. The van der Waals surface area contributed by atoms with Crippen LogP contribution in [0, 0.1) is 0 Å². The van der Waals surface area contributed by atoms with E-state index in [9.17, 15) is 4.79 Å². The highest BCUT2D eigenvalue weighted by molar-refractivity contribution is 9.10. The van der Waals surface area contributed by atoms with Crippen LogP contribution >= 0.6 is 15.9 Å². The molecule has 0 aliphatic carbocycles. The van der Waals surface area contributed by atoms with Crippen LogP contribution in [0.15, 0.2) is 22.8 Å². The van der Waals surface area contributed by atoms with Crippen LogP contribution in [0.2, 0.25) is 0 Å². The first-order chi connectivity index (χ1) is 8.61. The van der Waals surface area contributed by atoms with Crippen molar-refractivity contribution in [2.45, 2.75) is 46.1 Å². The van der Waals surface area contributed by atoms with E-state index in [0.29, 0.717) is 5.69 Å². The fourth-order valence-electron chi connectivity index (χ4n) is 1.75. The summed E-state index contributed by atoms with van der Waals surface area (Å²) >= 11 is 3.39. The van der Waals surface area contributed by atoms with E-state index in [0.717, 1.165) is 30.3 Å². The van der Waals surface area contributed by atoms with Crippen molar-refractivity contribution in [1.29, 1.82) is 0 Å². The number of aromatic nitrogens is 1. The second-order valence-corrected chi connectivity index (χ2v) is 5.30. The number of carbonyl (C=O) groups excluding carboxylic acids is 1. The molecule has 1 amide bonds. The molecule has 0 N–H and O–H groups in total. The van der Waals surface area contributed by atoms with Gasteiger partial charge in [-0.05, 0) is 47.8 Å². The molecule has 0 saturated heterocycles. The molecule has 0 aromatic carbocycles. The number of halogens is 1. The Hall–Kier alpha value is -0.900. The van der Waals surface area contributed by atoms with Gasteiger partial charge < -0.3 is 4.90 Å². The summed E-state index contributed by atoms with van der Waals surface area (Å²) in [7, 11) is 0. The zero-order chi connectivity index (χ0) is 13.5. The van der Waals surface area contributed by atoms with E-state index < -0.39 is 0 Å². The van der Waals surface area contributed by atoms with Gasteiger partial charge in [-0.3, -0.25) is 4.79 Å². The van der Waals surface area contributed by atoms with Crippen LogP contribution in [0.1, 0.15) is 50.5 Å². The predicted molar refractivity (Wildman–Crippen MR) is 77.6 cm³/mol. The molecule has 4 heteroatoms. The lowest BCUT2D eigenvalue weighted by Gasteiger charge is -2.28. The Bertz CT molecular complexity index is 395. The zero-order valence-electron chi connectivity index (χ0n) is 11.3. The van der Waals surface area contributed by atoms with Crippen molar-refractivity contribution < 1.29 is 4.79 Å². The van der Waals surface area contributed by atoms with E-state index in [1.807, 2.05) is 17.0 Å². The van der Waals surface area contributed by atoms with Crippen molar-refractivity contribution in [3.05, 3.63) is 28.5 Å². The SMILES string of the molecule is CCCCN(C(=O)c1ncccc1Br)C(C)CC. The van der Waals surface area contributed by atoms with Gasteiger partial charge >= 0.3 is 0 Å². The Labute approximate surface area is 118 Å². The minimum Gasteiger partial charge on any atom is -0.335 e. The Morgan fingerprint density at radius 3 is 2.78 bits per heavy atom. The van der Waals surface area contributed by atoms with Gasteiger partial charge in [0.15, 0.2) is 0 Å². The van der Waals surface area contributed by atoms with Gasteiger partial charge in [-0.2, -0.15) is 0 Å². The van der Waals surface area contributed by atoms with Gasteiger partial charge in [0.25, 0.3) is 5.91 Å². The summed E-state index contributed by atoms with van der Waals surface area (Å²) in [5.41, 5.74) is 0.508. The van der Waals surface area contributed by atoms with Crippen molar-refractivity contribution in [3.63, 3.8) is 0 Å². The quantitative estimate of drug-likeness (QED) is 0.798. The maximum atomic E-state index is 12.5. The zero-order valence-corrected chi connectivity index (χ0v) is 12.9. The van der Waals surface area contributed by atoms with Crippen LogP contribution in [-0.2, 0) is 0 Å². The van der Waals surface area contributed by atoms with E-state index >= 15 is 0 Å². The minimum absolute atomic E-state index is 0.0188. The van der Waals surface area contributed by atoms with Gasteiger partial charge in [0.1, 0.15) is 5.69 Å². The average Bonchev–Trinajstić information content (AvgIpc) is 2.39. The number of pyridine rings is 1. The number of rotatable bonds is 6. The topological polar surface area (TPSA) is 33.2 Å². The Balaban J connectivity index is 2.91. The lowest BCUT2D eigenvalue weighted by Crippen LogP contribution is -2.39. The Morgan fingerprint density at radius 1 is 1.50 bits per heavy atom. The lowest BCUT2D eigenvalue weighted by atomic mass is 10.1. The van der Waals surface area contributed by atoms with E-state index in [2.05, 4.69) is 41.7 Å². The molecule has 0 aliphatic heterocycles. The standard InChI is InChI=1S/C14H21BrN2O/c1-4-6-10-17(11(3)5-2)14(18)13-12(15)8-7-9-16-13/h7-9,11H,4-6,10H2,1-3H3. The number of hydrogen-bond donors (Lipinski definition) is 0. The summed E-state index contributed by atoms with van der Waals surface area (Å²) in [4.78, 5) is 18.6. The molecule has 3 nitrogen and oxygen atoms in total. The second-order valence-electron chi connectivity index (χ2n) is 4.44. The summed E-state index contributed by atoms with van der Waals surface area (Å²) in [6.45, 7) is 7.12. The maximum absolute atomic E-state index is 12.5. The van der Waals surface area contributed by atoms with Crippen molar-refractivity contribution in [3.8, 4) is 0 Å². The number of carbonyl (C=O) groups is 1. The van der Waals surface area contributed by atoms with Crippen LogP contribution in [0.3, 0.4) is 0 Å². The molecule has 0 spiro atoms. The van der Waals surface area contributed by atoms with Crippen molar-refractivity contribution in [2.75, 3.05) is 6.54 Å². The first-order valence-electron chi connectivity index (χ1n) is 6.53. The summed E-state index contributed by atoms with van der Waals surface area (Å²) in [5.74, 6) is 0.0188. The minimum atomic E-state index is 0.0188. The highest BCUT2D eigenvalue weighted by Crippen LogP contribution is 2.18. The van der Waals surface area contributed by atoms with Crippen molar-refractivity contribution >= 4 is 21.8 Å². The molecular weight excluding hydrogens is 292 g/mol. The average molecular weight is 313 g/mol. The monoisotopic (exact) mass is 312 g/mol. The highest BCUT2D eigenvalue weighted by atomic mass is 79.9. The molecule has 0 aliphatic rings. The molecule has 0 saturated carbocycles. The molecular formula is C14H21BrN2O. The van der Waals surface area contributed by atoms with E-state index in [4.69, 9.17) is 0 Å². The molecule has 1 rings (SSSR count). The second kappa shape index (κ2) is 7.52. The summed E-state index contributed by atoms with van der Waals surface area (Å²) in [5, 5.41) is 0. The molecule has 1 aromatic heterocycles. The largest absolute Gasteiger partial charge is 0.335 e.